The molecular formula is C22H28ClN3O4S. The number of halogens is 1. The average Bonchev–Trinajstić information content (AvgIpc) is 2.73. The van der Waals surface area contributed by atoms with Crippen LogP contribution < -0.4 is 9.62 Å². The smallest absolute Gasteiger partial charge is 0.242 e. The highest BCUT2D eigenvalue weighted by Crippen LogP contribution is 2.22. The fourth-order valence-corrected chi connectivity index (χ4v) is 4.35. The molecule has 0 aromatic heterocycles. The summed E-state index contributed by atoms with van der Waals surface area (Å²) in [5.74, 6) is -0.486. The van der Waals surface area contributed by atoms with Crippen molar-refractivity contribution in [2.45, 2.75) is 32.4 Å². The Morgan fingerprint density at radius 1 is 1.10 bits per heavy atom. The van der Waals surface area contributed by atoms with Crippen molar-refractivity contribution in [1.29, 1.82) is 0 Å². The number of amides is 2. The van der Waals surface area contributed by atoms with Crippen LogP contribution in [0.25, 0.3) is 0 Å². The summed E-state index contributed by atoms with van der Waals surface area (Å²) in [4.78, 5) is 26.7. The zero-order valence-electron chi connectivity index (χ0n) is 17.9. The fourth-order valence-electron chi connectivity index (χ4n) is 3.21. The van der Waals surface area contributed by atoms with Crippen molar-refractivity contribution >= 4 is 39.1 Å². The first-order valence-electron chi connectivity index (χ1n) is 9.91. The van der Waals surface area contributed by atoms with Gasteiger partial charge in [-0.05, 0) is 37.1 Å². The lowest BCUT2D eigenvalue weighted by molar-refractivity contribution is -0.140. The van der Waals surface area contributed by atoms with Gasteiger partial charge in [0.2, 0.25) is 21.8 Å². The summed E-state index contributed by atoms with van der Waals surface area (Å²) in [7, 11) is -2.02. The molecule has 2 aromatic rings. The first-order chi connectivity index (χ1) is 14.6. The number of nitrogens with zero attached hydrogens (tertiary/aromatic N) is 2. The zero-order chi connectivity index (χ0) is 23.0. The zero-order valence-corrected chi connectivity index (χ0v) is 19.5. The van der Waals surface area contributed by atoms with Gasteiger partial charge in [-0.1, -0.05) is 48.0 Å². The van der Waals surface area contributed by atoms with E-state index in [9.17, 15) is 18.0 Å². The summed E-state index contributed by atoms with van der Waals surface area (Å²) in [6, 6.07) is 15.3. The summed E-state index contributed by atoms with van der Waals surface area (Å²) in [6.07, 6.45) is 1.51. The van der Waals surface area contributed by atoms with Crippen LogP contribution >= 0.6 is 11.6 Å². The molecule has 168 valence electrons. The molecule has 0 heterocycles. The molecule has 1 atom stereocenters. The maximum atomic E-state index is 13.0. The van der Waals surface area contributed by atoms with Crippen molar-refractivity contribution in [3.63, 3.8) is 0 Å². The molecule has 2 amide bonds. The van der Waals surface area contributed by atoms with E-state index >= 15 is 0 Å². The number of hydrogen-bond donors (Lipinski definition) is 1. The molecule has 0 fully saturated rings. The third-order valence-corrected chi connectivity index (χ3v) is 6.29. The number of anilines is 1. The Labute approximate surface area is 189 Å². The molecule has 0 spiro atoms. The Morgan fingerprint density at radius 2 is 1.77 bits per heavy atom. The summed E-state index contributed by atoms with van der Waals surface area (Å²) in [5.41, 5.74) is 1.35. The van der Waals surface area contributed by atoms with Gasteiger partial charge >= 0.3 is 0 Å². The van der Waals surface area contributed by atoms with Gasteiger partial charge in [-0.25, -0.2) is 8.42 Å². The van der Waals surface area contributed by atoms with Gasteiger partial charge in [0.05, 0.1) is 11.9 Å². The number of carbonyl (C=O) groups excluding carboxylic acids is 2. The summed E-state index contributed by atoms with van der Waals surface area (Å²) >= 11 is 6.00. The van der Waals surface area contributed by atoms with Crippen molar-refractivity contribution in [3.8, 4) is 0 Å². The van der Waals surface area contributed by atoms with Gasteiger partial charge in [-0.2, -0.15) is 0 Å². The van der Waals surface area contributed by atoms with Crippen LogP contribution in [0.5, 0.6) is 0 Å². The number of nitrogens with one attached hydrogen (secondary N) is 1. The van der Waals surface area contributed by atoms with Gasteiger partial charge in [0.25, 0.3) is 0 Å². The van der Waals surface area contributed by atoms with Crippen LogP contribution in [0.2, 0.25) is 5.02 Å². The Balaban J connectivity index is 2.12. The van der Waals surface area contributed by atoms with Crippen molar-refractivity contribution in [3.05, 3.63) is 65.2 Å². The van der Waals surface area contributed by atoms with Crippen molar-refractivity contribution in [1.82, 2.24) is 10.2 Å². The van der Waals surface area contributed by atoms with Crippen LogP contribution in [0.4, 0.5) is 5.69 Å². The van der Waals surface area contributed by atoms with Gasteiger partial charge in [0.15, 0.2) is 0 Å². The molecule has 0 bridgehead atoms. The third-order valence-electron chi connectivity index (χ3n) is 4.86. The largest absolute Gasteiger partial charge is 0.357 e. The van der Waals surface area contributed by atoms with E-state index in [0.717, 1.165) is 11.8 Å². The molecule has 1 N–H and O–H groups in total. The van der Waals surface area contributed by atoms with E-state index < -0.39 is 16.1 Å². The molecular weight excluding hydrogens is 438 g/mol. The highest BCUT2D eigenvalue weighted by atomic mass is 35.5. The molecule has 7 nitrogen and oxygen atoms in total. The highest BCUT2D eigenvalue weighted by molar-refractivity contribution is 7.92. The van der Waals surface area contributed by atoms with E-state index in [-0.39, 0.29) is 24.8 Å². The van der Waals surface area contributed by atoms with Gasteiger partial charge in [0.1, 0.15) is 6.04 Å². The summed E-state index contributed by atoms with van der Waals surface area (Å²) < 4.78 is 25.8. The summed E-state index contributed by atoms with van der Waals surface area (Å²) in [5, 5.41) is 3.00. The normalized spacial score (nSPS) is 12.1. The molecule has 0 aliphatic carbocycles. The van der Waals surface area contributed by atoms with Crippen molar-refractivity contribution in [2.24, 2.45) is 0 Å². The van der Waals surface area contributed by atoms with Crippen LogP contribution in [0.1, 0.15) is 25.3 Å². The predicted molar refractivity (Wildman–Crippen MR) is 123 cm³/mol. The lowest BCUT2D eigenvalue weighted by atomic mass is 10.1. The molecule has 31 heavy (non-hydrogen) atoms. The molecule has 2 aromatic carbocycles. The number of carbonyl (C=O) groups is 2. The van der Waals surface area contributed by atoms with Crippen LogP contribution in [0.15, 0.2) is 54.6 Å². The van der Waals surface area contributed by atoms with Gasteiger partial charge < -0.3 is 10.2 Å². The second-order valence-corrected chi connectivity index (χ2v) is 9.56. The molecule has 0 aliphatic heterocycles. The van der Waals surface area contributed by atoms with Crippen LogP contribution in [0.3, 0.4) is 0 Å². The van der Waals surface area contributed by atoms with E-state index in [4.69, 9.17) is 11.6 Å². The first-order valence-corrected chi connectivity index (χ1v) is 12.1. The third kappa shape index (κ3) is 7.25. The van der Waals surface area contributed by atoms with Crippen LogP contribution in [-0.4, -0.2) is 51.0 Å². The highest BCUT2D eigenvalue weighted by Gasteiger charge is 2.26. The molecule has 0 unspecified atom stereocenters. The quantitative estimate of drug-likeness (QED) is 0.584. The number of rotatable bonds is 10. The Morgan fingerprint density at radius 3 is 2.35 bits per heavy atom. The predicted octanol–water partition coefficient (Wildman–Crippen LogP) is 3.05. The van der Waals surface area contributed by atoms with E-state index in [1.807, 2.05) is 30.3 Å². The number of sulfonamides is 1. The minimum absolute atomic E-state index is 0.0980. The maximum Gasteiger partial charge on any atom is 0.242 e. The monoisotopic (exact) mass is 465 g/mol. The second kappa shape index (κ2) is 11.2. The molecule has 0 aliphatic rings. The van der Waals surface area contributed by atoms with Gasteiger partial charge in [-0.15, -0.1) is 0 Å². The minimum atomic E-state index is -3.55. The molecule has 0 saturated heterocycles. The molecule has 0 radical (unpaired) electrons. The lowest BCUT2D eigenvalue weighted by Gasteiger charge is -2.29. The molecule has 9 heteroatoms. The molecule has 0 saturated carbocycles. The van der Waals surface area contributed by atoms with E-state index in [1.165, 1.54) is 16.3 Å². The van der Waals surface area contributed by atoms with Crippen molar-refractivity contribution < 1.29 is 18.0 Å². The van der Waals surface area contributed by atoms with E-state index in [1.54, 1.807) is 31.2 Å². The SMILES string of the molecule is CNC(=O)[C@@H](C)N(Cc1ccccc1)C(=O)CCCN(c1cccc(Cl)c1)S(C)(=O)=O. The Kier molecular flexibility index (Phi) is 8.88. The van der Waals surface area contributed by atoms with E-state index in [2.05, 4.69) is 5.32 Å². The fraction of sp³-hybridized carbons (Fsp3) is 0.364. The Bertz CT molecular complexity index is 999. The topological polar surface area (TPSA) is 86.8 Å². The Hall–Kier alpha value is -2.58. The van der Waals surface area contributed by atoms with E-state index in [0.29, 0.717) is 23.7 Å². The van der Waals surface area contributed by atoms with Gasteiger partial charge in [0, 0.05) is 31.6 Å². The standard InChI is InChI=1S/C22H28ClN3O4S/c1-17(22(28)24-2)25(16-18-9-5-4-6-10-18)21(27)13-8-14-26(31(3,29)30)20-12-7-11-19(23)15-20/h4-7,9-12,15,17H,8,13-14,16H2,1-3H3,(H,24,28)/t17-/m1/s1. The van der Waals surface area contributed by atoms with Crippen LogP contribution in [0, 0.1) is 0 Å². The number of likely N-dealkylation sites (N-methyl/N-ethyl adjacent to an activating group) is 1. The second-order valence-electron chi connectivity index (χ2n) is 7.22. The number of hydrogen-bond acceptors (Lipinski definition) is 4. The average molecular weight is 466 g/mol. The van der Waals surface area contributed by atoms with Crippen LogP contribution in [-0.2, 0) is 26.2 Å². The minimum Gasteiger partial charge on any atom is -0.357 e. The molecule has 2 rings (SSSR count). The summed E-state index contributed by atoms with van der Waals surface area (Å²) in [6.45, 7) is 2.09. The van der Waals surface area contributed by atoms with Crippen molar-refractivity contribution in [2.75, 3.05) is 24.2 Å². The first kappa shape index (κ1) is 24.7. The maximum absolute atomic E-state index is 13.0. The van der Waals surface area contributed by atoms with Gasteiger partial charge in [-0.3, -0.25) is 13.9 Å². The lowest BCUT2D eigenvalue weighted by Crippen LogP contribution is -2.46. The number of benzene rings is 2.